The van der Waals surface area contributed by atoms with E-state index in [2.05, 4.69) is 52.1 Å². The molecule has 0 radical (unpaired) electrons. The predicted molar refractivity (Wildman–Crippen MR) is 151 cm³/mol. The molecule has 1 saturated carbocycles. The molecule has 1 saturated heterocycles. The summed E-state index contributed by atoms with van der Waals surface area (Å²) >= 11 is 6.60. The summed E-state index contributed by atoms with van der Waals surface area (Å²) in [6.45, 7) is 9.26. The first kappa shape index (κ1) is 26.8. The summed E-state index contributed by atoms with van der Waals surface area (Å²) in [5, 5.41) is 13.6. The van der Waals surface area contributed by atoms with Crippen molar-refractivity contribution in [2.75, 3.05) is 30.8 Å². The van der Waals surface area contributed by atoms with E-state index in [1.807, 2.05) is 0 Å². The Labute approximate surface area is 229 Å². The SMILES string of the molecule is Cc1cc(NC2=NC(C)(Nc3cn(C)nc3S(=O)(=O)C(C)C)C(Cl)=CN2)c(OC2CC2)cc1C1CN(C)C1. The van der Waals surface area contributed by atoms with Crippen LogP contribution in [0.2, 0.25) is 0 Å². The summed E-state index contributed by atoms with van der Waals surface area (Å²) in [6, 6.07) is 4.27. The van der Waals surface area contributed by atoms with Crippen LogP contribution < -0.4 is 20.7 Å². The number of aliphatic imine (C=N–C) groups is 1. The van der Waals surface area contributed by atoms with E-state index in [4.69, 9.17) is 21.3 Å². The third kappa shape index (κ3) is 5.23. The zero-order valence-corrected chi connectivity index (χ0v) is 24.2. The molecule has 5 rings (SSSR count). The molecule has 3 heterocycles. The molecule has 206 valence electrons. The number of sulfone groups is 1. The molecule has 38 heavy (non-hydrogen) atoms. The highest BCUT2D eigenvalue weighted by molar-refractivity contribution is 7.92. The maximum atomic E-state index is 12.9. The molecular formula is C26H36ClN7O3S. The summed E-state index contributed by atoms with van der Waals surface area (Å²) in [6.07, 6.45) is 5.62. The number of hydrogen-bond donors (Lipinski definition) is 3. The topological polar surface area (TPSA) is 113 Å². The Bertz CT molecular complexity index is 1410. The first-order chi connectivity index (χ1) is 17.9. The van der Waals surface area contributed by atoms with Gasteiger partial charge in [0.05, 0.1) is 27.8 Å². The average Bonchev–Trinajstić information content (AvgIpc) is 3.56. The zero-order valence-electron chi connectivity index (χ0n) is 22.7. The van der Waals surface area contributed by atoms with Gasteiger partial charge in [-0.3, -0.25) is 4.68 Å². The molecule has 1 atom stereocenters. The molecule has 2 fully saturated rings. The Morgan fingerprint density at radius 2 is 1.92 bits per heavy atom. The fourth-order valence-electron chi connectivity index (χ4n) is 4.71. The largest absolute Gasteiger partial charge is 0.488 e. The van der Waals surface area contributed by atoms with Crippen molar-refractivity contribution in [1.82, 2.24) is 20.0 Å². The Kier molecular flexibility index (Phi) is 6.90. The summed E-state index contributed by atoms with van der Waals surface area (Å²) < 4.78 is 33.6. The molecule has 10 nitrogen and oxygen atoms in total. The highest BCUT2D eigenvalue weighted by atomic mass is 35.5. The van der Waals surface area contributed by atoms with Gasteiger partial charge in [0.15, 0.2) is 10.7 Å². The zero-order chi connectivity index (χ0) is 27.4. The van der Waals surface area contributed by atoms with Crippen LogP contribution in [-0.4, -0.2) is 66.2 Å². The van der Waals surface area contributed by atoms with E-state index in [9.17, 15) is 8.42 Å². The lowest BCUT2D eigenvalue weighted by Crippen LogP contribution is -2.43. The van der Waals surface area contributed by atoms with E-state index in [0.717, 1.165) is 37.4 Å². The van der Waals surface area contributed by atoms with Crippen LogP contribution in [0.4, 0.5) is 11.4 Å². The van der Waals surface area contributed by atoms with Gasteiger partial charge in [0, 0.05) is 38.5 Å². The van der Waals surface area contributed by atoms with Gasteiger partial charge in [0.25, 0.3) is 0 Å². The van der Waals surface area contributed by atoms with E-state index in [-0.39, 0.29) is 11.1 Å². The van der Waals surface area contributed by atoms with E-state index in [1.54, 1.807) is 40.2 Å². The molecule has 3 N–H and O–H groups in total. The molecule has 1 aromatic carbocycles. The molecule has 1 aliphatic carbocycles. The number of likely N-dealkylation sites (N-methyl/N-ethyl adjacent to an activating group) is 1. The number of nitrogens with zero attached hydrogens (tertiary/aromatic N) is 4. The molecule has 2 aliphatic heterocycles. The molecule has 2 aromatic rings. The van der Waals surface area contributed by atoms with Gasteiger partial charge in [0.1, 0.15) is 5.75 Å². The van der Waals surface area contributed by atoms with Gasteiger partial charge < -0.3 is 25.6 Å². The summed E-state index contributed by atoms with van der Waals surface area (Å²) in [4.78, 5) is 7.12. The lowest BCUT2D eigenvalue weighted by Gasteiger charge is -2.37. The van der Waals surface area contributed by atoms with Crippen LogP contribution in [0.25, 0.3) is 0 Å². The number of guanidine groups is 1. The quantitative estimate of drug-likeness (QED) is 0.446. The maximum absolute atomic E-state index is 12.9. The van der Waals surface area contributed by atoms with Crippen molar-refractivity contribution in [3.63, 3.8) is 0 Å². The number of aryl methyl sites for hydroxylation is 2. The second kappa shape index (κ2) is 9.77. The lowest BCUT2D eigenvalue weighted by molar-refractivity contribution is 0.189. The van der Waals surface area contributed by atoms with Crippen molar-refractivity contribution in [2.45, 2.75) is 68.5 Å². The van der Waals surface area contributed by atoms with Crippen LogP contribution in [0.1, 0.15) is 50.7 Å². The highest BCUT2D eigenvalue weighted by Crippen LogP contribution is 2.39. The van der Waals surface area contributed by atoms with Crippen LogP contribution >= 0.6 is 11.6 Å². The Morgan fingerprint density at radius 3 is 2.55 bits per heavy atom. The summed E-state index contributed by atoms with van der Waals surface area (Å²) in [5.41, 5.74) is 2.52. The number of ether oxygens (including phenoxy) is 1. The predicted octanol–water partition coefficient (Wildman–Crippen LogP) is 3.76. The Hall–Kier alpha value is -2.76. The van der Waals surface area contributed by atoms with E-state index < -0.39 is 20.8 Å². The van der Waals surface area contributed by atoms with Crippen LogP contribution in [0, 0.1) is 6.92 Å². The minimum absolute atomic E-state index is 0.0306. The Balaban J connectivity index is 1.44. The summed E-state index contributed by atoms with van der Waals surface area (Å²) in [7, 11) is 0.182. The van der Waals surface area contributed by atoms with E-state index >= 15 is 0 Å². The van der Waals surface area contributed by atoms with Crippen molar-refractivity contribution >= 4 is 38.8 Å². The molecule has 0 amide bonds. The number of hydrogen-bond acceptors (Lipinski definition) is 9. The van der Waals surface area contributed by atoms with Gasteiger partial charge in [-0.05, 0) is 70.8 Å². The molecule has 3 aliphatic rings. The first-order valence-electron chi connectivity index (χ1n) is 12.9. The number of anilines is 2. The third-order valence-electron chi connectivity index (χ3n) is 7.14. The fourth-order valence-corrected chi connectivity index (χ4v) is 5.95. The maximum Gasteiger partial charge on any atom is 0.202 e. The van der Waals surface area contributed by atoms with Crippen LogP contribution in [0.3, 0.4) is 0 Å². The number of halogens is 1. The van der Waals surface area contributed by atoms with Crippen LogP contribution in [0.5, 0.6) is 5.75 Å². The van der Waals surface area contributed by atoms with Gasteiger partial charge in [-0.25, -0.2) is 13.4 Å². The lowest BCUT2D eigenvalue weighted by atomic mass is 9.88. The van der Waals surface area contributed by atoms with Crippen LogP contribution in [-0.2, 0) is 16.9 Å². The smallest absolute Gasteiger partial charge is 0.202 e. The monoisotopic (exact) mass is 561 g/mol. The number of benzene rings is 1. The molecular weight excluding hydrogens is 526 g/mol. The second-order valence-corrected chi connectivity index (χ2v) is 13.8. The minimum atomic E-state index is -3.63. The van der Waals surface area contributed by atoms with Gasteiger partial charge in [-0.1, -0.05) is 11.6 Å². The third-order valence-corrected chi connectivity index (χ3v) is 9.70. The van der Waals surface area contributed by atoms with Crippen molar-refractivity contribution in [3.05, 3.63) is 40.7 Å². The van der Waals surface area contributed by atoms with E-state index in [0.29, 0.717) is 22.6 Å². The number of aromatic nitrogens is 2. The van der Waals surface area contributed by atoms with Crippen molar-refractivity contribution < 1.29 is 13.2 Å². The second-order valence-electron chi connectivity index (χ2n) is 11.0. The van der Waals surface area contributed by atoms with Gasteiger partial charge in [-0.15, -0.1) is 0 Å². The van der Waals surface area contributed by atoms with E-state index in [1.165, 1.54) is 15.8 Å². The molecule has 0 spiro atoms. The van der Waals surface area contributed by atoms with Gasteiger partial charge >= 0.3 is 0 Å². The summed E-state index contributed by atoms with van der Waals surface area (Å²) in [5.74, 6) is 1.77. The minimum Gasteiger partial charge on any atom is -0.488 e. The van der Waals surface area contributed by atoms with Gasteiger partial charge in [0.2, 0.25) is 15.8 Å². The van der Waals surface area contributed by atoms with Crippen molar-refractivity contribution in [1.29, 1.82) is 0 Å². The van der Waals surface area contributed by atoms with Gasteiger partial charge in [-0.2, -0.15) is 5.10 Å². The molecule has 12 heteroatoms. The molecule has 0 bridgehead atoms. The highest BCUT2D eigenvalue weighted by Gasteiger charge is 2.36. The van der Waals surface area contributed by atoms with Crippen molar-refractivity contribution in [2.24, 2.45) is 12.0 Å². The van der Waals surface area contributed by atoms with Crippen molar-refractivity contribution in [3.8, 4) is 5.75 Å². The fraction of sp³-hybridized carbons (Fsp3) is 0.538. The number of nitrogens with one attached hydrogen (secondary N) is 3. The average molecular weight is 562 g/mol. The molecule has 1 aromatic heterocycles. The molecule has 1 unspecified atom stereocenters. The normalized spacial score (nSPS) is 22.4. The number of likely N-dealkylation sites (tertiary alicyclic amines) is 1. The standard InChI is InChI=1S/C26H36ClN7O3S/c1-15(2)38(35,36)24-21(14-34(6)32-24)30-26(4)23(27)11-28-25(31-26)29-20-9-16(3)19(17-12-33(5)13-17)10-22(20)37-18-7-8-18/h9-11,14-15,17-18,30H,7-8,12-13H2,1-6H3,(H2,28,29,31). The van der Waals surface area contributed by atoms with Crippen LogP contribution in [0.15, 0.2) is 39.6 Å². The number of rotatable bonds is 8. The first-order valence-corrected chi connectivity index (χ1v) is 14.8. The Morgan fingerprint density at radius 1 is 1.21 bits per heavy atom.